The number of aryl methyl sites for hydroxylation is 3. The molecular weight excluding hydrogens is 260 g/mol. The first-order valence-corrected chi connectivity index (χ1v) is 6.47. The summed E-state index contributed by atoms with van der Waals surface area (Å²) in [5.41, 5.74) is 2.12. The van der Waals surface area contributed by atoms with Gasteiger partial charge in [0.25, 0.3) is 0 Å². The fourth-order valence-electron chi connectivity index (χ4n) is 1.96. The summed E-state index contributed by atoms with van der Waals surface area (Å²) in [7, 11) is 0. The average Bonchev–Trinajstić information content (AvgIpc) is 2.96. The third kappa shape index (κ3) is 3.67. The lowest BCUT2D eigenvalue weighted by Crippen LogP contribution is -2.16. The van der Waals surface area contributed by atoms with E-state index in [4.69, 9.17) is 9.63 Å². The van der Waals surface area contributed by atoms with Gasteiger partial charge in [-0.2, -0.15) is 5.10 Å². The Morgan fingerprint density at radius 3 is 2.85 bits per heavy atom. The van der Waals surface area contributed by atoms with Gasteiger partial charge in [0.1, 0.15) is 0 Å². The number of hydrogen-bond acceptors (Lipinski definition) is 5. The van der Waals surface area contributed by atoms with Crippen LogP contribution in [0.2, 0.25) is 0 Å². The van der Waals surface area contributed by atoms with Crippen LogP contribution in [0.4, 0.5) is 0 Å². The molecule has 0 saturated carbocycles. The summed E-state index contributed by atoms with van der Waals surface area (Å²) in [6.07, 6.45) is 0.932. The number of carboxylic acids is 1. The van der Waals surface area contributed by atoms with E-state index in [1.807, 2.05) is 18.5 Å². The molecule has 0 aliphatic carbocycles. The predicted octanol–water partition coefficient (Wildman–Crippen LogP) is 1.37. The monoisotopic (exact) mass is 278 g/mol. The number of carboxylic acid groups (broad SMARTS) is 1. The maximum atomic E-state index is 10.6. The Labute approximate surface area is 116 Å². The van der Waals surface area contributed by atoms with E-state index < -0.39 is 5.97 Å². The molecule has 108 valence electrons. The lowest BCUT2D eigenvalue weighted by Gasteiger charge is -2.04. The Hall–Kier alpha value is -2.15. The Morgan fingerprint density at radius 2 is 2.25 bits per heavy atom. The standard InChI is InChI=1S/C13H18N4O3/c1-9-6-10(2)17(15-9)5-3-4-14-8-11-7-12(13(18)19)16-20-11/h6-7,14H,3-5,8H2,1-2H3,(H,18,19). The number of rotatable bonds is 7. The van der Waals surface area contributed by atoms with Crippen molar-refractivity contribution in [2.45, 2.75) is 33.4 Å². The largest absolute Gasteiger partial charge is 0.476 e. The predicted molar refractivity (Wildman–Crippen MR) is 71.5 cm³/mol. The minimum atomic E-state index is -1.08. The SMILES string of the molecule is Cc1cc(C)n(CCCNCc2cc(C(=O)O)no2)n1. The Bertz CT molecular complexity index is 588. The van der Waals surface area contributed by atoms with Crippen LogP contribution in [0, 0.1) is 13.8 Å². The maximum absolute atomic E-state index is 10.6. The molecule has 2 aromatic heterocycles. The highest BCUT2D eigenvalue weighted by Gasteiger charge is 2.09. The zero-order valence-electron chi connectivity index (χ0n) is 11.6. The molecule has 2 N–H and O–H groups in total. The van der Waals surface area contributed by atoms with Crippen molar-refractivity contribution in [2.24, 2.45) is 0 Å². The highest BCUT2D eigenvalue weighted by Crippen LogP contribution is 2.04. The van der Waals surface area contributed by atoms with Crippen LogP contribution in [-0.2, 0) is 13.1 Å². The van der Waals surface area contributed by atoms with E-state index in [2.05, 4.69) is 21.6 Å². The van der Waals surface area contributed by atoms with Crippen molar-refractivity contribution >= 4 is 5.97 Å². The van der Waals surface area contributed by atoms with E-state index in [-0.39, 0.29) is 5.69 Å². The molecule has 2 aromatic rings. The number of aromatic carboxylic acids is 1. The van der Waals surface area contributed by atoms with Crippen LogP contribution >= 0.6 is 0 Å². The van der Waals surface area contributed by atoms with Crippen molar-refractivity contribution in [3.63, 3.8) is 0 Å². The molecule has 7 nitrogen and oxygen atoms in total. The smallest absolute Gasteiger partial charge is 0.358 e. The normalized spacial score (nSPS) is 10.9. The lowest BCUT2D eigenvalue weighted by molar-refractivity contribution is 0.0685. The van der Waals surface area contributed by atoms with Crippen LogP contribution in [0.1, 0.15) is 34.1 Å². The molecule has 0 bridgehead atoms. The molecule has 0 unspecified atom stereocenters. The summed E-state index contributed by atoms with van der Waals surface area (Å²) in [5.74, 6) is -0.557. The highest BCUT2D eigenvalue weighted by atomic mass is 16.5. The van der Waals surface area contributed by atoms with Crippen LogP contribution < -0.4 is 5.32 Å². The summed E-state index contributed by atoms with van der Waals surface area (Å²) >= 11 is 0. The first-order valence-electron chi connectivity index (χ1n) is 6.47. The number of nitrogens with one attached hydrogen (secondary N) is 1. The highest BCUT2D eigenvalue weighted by molar-refractivity contribution is 5.85. The number of aromatic nitrogens is 3. The van der Waals surface area contributed by atoms with E-state index in [9.17, 15) is 4.79 Å². The molecule has 7 heteroatoms. The third-order valence-corrected chi connectivity index (χ3v) is 2.90. The van der Waals surface area contributed by atoms with E-state index >= 15 is 0 Å². The molecule has 0 spiro atoms. The van der Waals surface area contributed by atoms with Crippen molar-refractivity contribution in [1.29, 1.82) is 0 Å². The van der Waals surface area contributed by atoms with Crippen molar-refractivity contribution in [3.8, 4) is 0 Å². The van der Waals surface area contributed by atoms with Crippen molar-refractivity contribution < 1.29 is 14.4 Å². The van der Waals surface area contributed by atoms with Gasteiger partial charge in [-0.05, 0) is 32.9 Å². The van der Waals surface area contributed by atoms with Gasteiger partial charge < -0.3 is 14.9 Å². The number of carbonyl (C=O) groups is 1. The molecule has 0 aliphatic heterocycles. The zero-order valence-corrected chi connectivity index (χ0v) is 11.6. The van der Waals surface area contributed by atoms with Gasteiger partial charge in [0.05, 0.1) is 12.2 Å². The van der Waals surface area contributed by atoms with Gasteiger partial charge in [-0.3, -0.25) is 4.68 Å². The topological polar surface area (TPSA) is 93.2 Å². The average molecular weight is 278 g/mol. The molecule has 0 fully saturated rings. The molecule has 0 saturated heterocycles. The van der Waals surface area contributed by atoms with Crippen molar-refractivity contribution in [2.75, 3.05) is 6.54 Å². The van der Waals surface area contributed by atoms with Crippen LogP contribution in [-0.4, -0.2) is 32.6 Å². The number of hydrogen-bond donors (Lipinski definition) is 2. The van der Waals surface area contributed by atoms with Gasteiger partial charge in [0.15, 0.2) is 11.5 Å². The number of nitrogens with zero attached hydrogens (tertiary/aromatic N) is 3. The van der Waals surface area contributed by atoms with Crippen LogP contribution in [0.3, 0.4) is 0 Å². The second kappa shape index (κ2) is 6.33. The van der Waals surface area contributed by atoms with Gasteiger partial charge >= 0.3 is 5.97 Å². The molecule has 2 rings (SSSR count). The molecule has 2 heterocycles. The molecule has 0 amide bonds. The fraction of sp³-hybridized carbons (Fsp3) is 0.462. The van der Waals surface area contributed by atoms with Crippen molar-refractivity contribution in [3.05, 3.63) is 35.0 Å². The van der Waals surface area contributed by atoms with E-state index in [0.29, 0.717) is 12.3 Å². The third-order valence-electron chi connectivity index (χ3n) is 2.90. The quantitative estimate of drug-likeness (QED) is 0.743. The van der Waals surface area contributed by atoms with Gasteiger partial charge in [-0.25, -0.2) is 4.79 Å². The van der Waals surface area contributed by atoms with Crippen LogP contribution in [0.5, 0.6) is 0 Å². The second-order valence-corrected chi connectivity index (χ2v) is 4.66. The van der Waals surface area contributed by atoms with E-state index in [0.717, 1.165) is 30.9 Å². The Kier molecular flexibility index (Phi) is 4.52. The van der Waals surface area contributed by atoms with Crippen LogP contribution in [0.15, 0.2) is 16.7 Å². The summed E-state index contributed by atoms with van der Waals surface area (Å²) < 4.78 is 6.88. The van der Waals surface area contributed by atoms with Gasteiger partial charge in [0, 0.05) is 18.3 Å². The summed E-state index contributed by atoms with van der Waals surface area (Å²) in [4.78, 5) is 10.6. The minimum absolute atomic E-state index is 0.0653. The molecule has 0 aliphatic rings. The maximum Gasteiger partial charge on any atom is 0.358 e. The van der Waals surface area contributed by atoms with E-state index in [1.54, 1.807) is 0 Å². The summed E-state index contributed by atoms with van der Waals surface area (Å²) in [5, 5.41) is 19.7. The molecule has 20 heavy (non-hydrogen) atoms. The molecule has 0 aromatic carbocycles. The van der Waals surface area contributed by atoms with Gasteiger partial charge in [0.2, 0.25) is 0 Å². The summed E-state index contributed by atoms with van der Waals surface area (Å²) in [6, 6.07) is 3.48. The zero-order chi connectivity index (χ0) is 14.5. The Balaban J connectivity index is 1.68. The van der Waals surface area contributed by atoms with Crippen LogP contribution in [0.25, 0.3) is 0 Å². The first-order chi connectivity index (χ1) is 9.56. The fourth-order valence-corrected chi connectivity index (χ4v) is 1.96. The minimum Gasteiger partial charge on any atom is -0.476 e. The second-order valence-electron chi connectivity index (χ2n) is 4.66. The molecular formula is C13H18N4O3. The first kappa shape index (κ1) is 14.3. The van der Waals surface area contributed by atoms with Crippen molar-refractivity contribution in [1.82, 2.24) is 20.3 Å². The molecule has 0 radical (unpaired) electrons. The summed E-state index contributed by atoms with van der Waals surface area (Å²) in [6.45, 7) is 6.13. The molecule has 0 atom stereocenters. The lowest BCUT2D eigenvalue weighted by atomic mass is 10.3. The Morgan fingerprint density at radius 1 is 1.45 bits per heavy atom. The van der Waals surface area contributed by atoms with Gasteiger partial charge in [-0.15, -0.1) is 0 Å². The van der Waals surface area contributed by atoms with E-state index in [1.165, 1.54) is 6.07 Å². The van der Waals surface area contributed by atoms with Gasteiger partial charge in [-0.1, -0.05) is 5.16 Å².